The minimum atomic E-state index is 0. The van der Waals surface area contributed by atoms with Gasteiger partial charge in [-0.05, 0) is 6.92 Å². The normalized spacial score (nSPS) is 3.17. The molecule has 41 valence electrons. The summed E-state index contributed by atoms with van der Waals surface area (Å²) >= 11 is 0. The molecule has 0 aliphatic heterocycles. The van der Waals surface area contributed by atoms with Crippen molar-refractivity contribution in [3.63, 3.8) is 0 Å². The molecule has 0 aromatic rings. The smallest absolute Gasteiger partial charge is 0.116 e. The van der Waals surface area contributed by atoms with Gasteiger partial charge >= 0.3 is 0 Å². The van der Waals surface area contributed by atoms with Crippen molar-refractivity contribution in [1.29, 1.82) is 0 Å². The van der Waals surface area contributed by atoms with Crippen LogP contribution in [-0.2, 0) is 4.79 Å². The molecule has 0 rings (SSSR count). The van der Waals surface area contributed by atoms with Crippen LogP contribution in [0.3, 0.4) is 0 Å². The van der Waals surface area contributed by atoms with E-state index in [1.807, 2.05) is 13.8 Å². The monoisotopic (exact) mass is 233 g/mol. The molecule has 1 nitrogen and oxygen atoms in total. The number of aldehydes is 1. The SMILES string of the molecule is CC.CC=O.[Tb]. The minimum absolute atomic E-state index is 0. The number of hydrogen-bond acceptors (Lipinski definition) is 1. The van der Waals surface area contributed by atoms with E-state index in [0.717, 1.165) is 6.29 Å². The van der Waals surface area contributed by atoms with E-state index < -0.39 is 0 Å². The Kier molecular flexibility index (Phi) is 100. The maximum Gasteiger partial charge on any atom is 0.116 e. The molecule has 0 bridgehead atoms. The molecule has 1 radical (unpaired) electrons. The van der Waals surface area contributed by atoms with Gasteiger partial charge in [-0.1, -0.05) is 13.8 Å². The summed E-state index contributed by atoms with van der Waals surface area (Å²) in [6.45, 7) is 5.44. The van der Waals surface area contributed by atoms with Crippen LogP contribution in [0.5, 0.6) is 0 Å². The second kappa shape index (κ2) is 38.2. The van der Waals surface area contributed by atoms with Crippen LogP contribution in [0.2, 0.25) is 0 Å². The Balaban J connectivity index is -0.0000000275. The molecule has 0 fully saturated rings. The Morgan fingerprint density at radius 3 is 1.33 bits per heavy atom. The Hall–Kier alpha value is 0.956. The van der Waals surface area contributed by atoms with Crippen molar-refractivity contribution in [3.05, 3.63) is 0 Å². The van der Waals surface area contributed by atoms with Crippen LogP contribution in [0.25, 0.3) is 0 Å². The summed E-state index contributed by atoms with van der Waals surface area (Å²) < 4.78 is 0. The van der Waals surface area contributed by atoms with Gasteiger partial charge in [0.2, 0.25) is 0 Å². The molecule has 0 aliphatic rings. The maximum absolute atomic E-state index is 8.81. The van der Waals surface area contributed by atoms with Crippen LogP contribution in [-0.4, -0.2) is 6.29 Å². The van der Waals surface area contributed by atoms with E-state index in [1.54, 1.807) is 0 Å². The molecule has 2 heteroatoms. The fraction of sp³-hybridized carbons (Fsp3) is 0.750. The van der Waals surface area contributed by atoms with Crippen molar-refractivity contribution >= 4 is 6.29 Å². The van der Waals surface area contributed by atoms with Crippen LogP contribution in [0.15, 0.2) is 0 Å². The van der Waals surface area contributed by atoms with Crippen LogP contribution >= 0.6 is 0 Å². The Morgan fingerprint density at radius 2 is 1.33 bits per heavy atom. The predicted octanol–water partition coefficient (Wildman–Crippen LogP) is 1.23. The van der Waals surface area contributed by atoms with Crippen LogP contribution in [0.1, 0.15) is 20.8 Å². The minimum Gasteiger partial charge on any atom is -0.304 e. The summed E-state index contributed by atoms with van der Waals surface area (Å²) in [5.41, 5.74) is 0. The molecule has 0 amide bonds. The third-order valence-electron chi connectivity index (χ3n) is 0. The molecule has 6 heavy (non-hydrogen) atoms. The van der Waals surface area contributed by atoms with Crippen molar-refractivity contribution in [2.24, 2.45) is 0 Å². The number of hydrogen-bond donors (Lipinski definition) is 0. The standard InChI is InChI=1S/C2H4O.C2H6.Tb/c1-2-3;1-2;/h2H,1H3;1-2H3;. The van der Waals surface area contributed by atoms with Gasteiger partial charge in [0.05, 0.1) is 0 Å². The maximum atomic E-state index is 8.81. The summed E-state index contributed by atoms with van der Waals surface area (Å²) in [6.07, 6.45) is 0.750. The van der Waals surface area contributed by atoms with Gasteiger partial charge in [-0.15, -0.1) is 0 Å². The van der Waals surface area contributed by atoms with Crippen molar-refractivity contribution in [1.82, 2.24) is 0 Å². The van der Waals surface area contributed by atoms with Crippen LogP contribution < -0.4 is 0 Å². The average molecular weight is 233 g/mol. The van der Waals surface area contributed by atoms with Gasteiger partial charge in [0.25, 0.3) is 0 Å². The molecule has 0 aromatic heterocycles. The van der Waals surface area contributed by atoms with Crippen molar-refractivity contribution < 1.29 is 43.4 Å². The molecule has 0 spiro atoms. The Morgan fingerprint density at radius 1 is 1.33 bits per heavy atom. The summed E-state index contributed by atoms with van der Waals surface area (Å²) in [5.74, 6) is 0. The molecule has 0 N–H and O–H groups in total. The summed E-state index contributed by atoms with van der Waals surface area (Å²) in [4.78, 5) is 8.81. The number of carbonyl (C=O) groups is 1. The summed E-state index contributed by atoms with van der Waals surface area (Å²) in [6, 6.07) is 0. The Labute approximate surface area is 69.9 Å². The first kappa shape index (κ1) is 15.8. The molecular formula is C4H10OTb. The summed E-state index contributed by atoms with van der Waals surface area (Å²) in [7, 11) is 0. The zero-order valence-electron chi connectivity index (χ0n) is 4.32. The molecule has 0 aliphatic carbocycles. The third-order valence-corrected chi connectivity index (χ3v) is 0. The molecule has 0 atom stereocenters. The third kappa shape index (κ3) is 84.9. The molecule has 0 heterocycles. The zero-order valence-corrected chi connectivity index (χ0v) is 6.46. The van der Waals surface area contributed by atoms with Gasteiger partial charge in [-0.25, -0.2) is 0 Å². The second-order valence-corrected chi connectivity index (χ2v) is 0.236. The first-order chi connectivity index (χ1) is 2.41. The van der Waals surface area contributed by atoms with E-state index >= 15 is 0 Å². The van der Waals surface area contributed by atoms with Gasteiger partial charge in [0.15, 0.2) is 0 Å². The fourth-order valence-corrected chi connectivity index (χ4v) is 0. The van der Waals surface area contributed by atoms with E-state index in [-0.39, 0.29) is 38.6 Å². The van der Waals surface area contributed by atoms with Crippen LogP contribution in [0.4, 0.5) is 0 Å². The molecule has 0 aromatic carbocycles. The van der Waals surface area contributed by atoms with E-state index in [9.17, 15) is 0 Å². The first-order valence-corrected chi connectivity index (χ1v) is 1.81. The van der Waals surface area contributed by atoms with Crippen molar-refractivity contribution in [3.8, 4) is 0 Å². The van der Waals surface area contributed by atoms with Gasteiger partial charge in [-0.2, -0.15) is 0 Å². The van der Waals surface area contributed by atoms with Gasteiger partial charge in [0.1, 0.15) is 6.29 Å². The van der Waals surface area contributed by atoms with E-state index in [1.165, 1.54) is 6.92 Å². The average Bonchev–Trinajstić information content (AvgIpc) is 1.46. The van der Waals surface area contributed by atoms with Gasteiger partial charge < -0.3 is 4.79 Å². The molecule has 0 saturated carbocycles. The largest absolute Gasteiger partial charge is 0.304 e. The fourth-order valence-electron chi connectivity index (χ4n) is 0. The Bertz CT molecular complexity index is 15.0. The van der Waals surface area contributed by atoms with Gasteiger partial charge in [0, 0.05) is 38.6 Å². The van der Waals surface area contributed by atoms with Crippen molar-refractivity contribution in [2.75, 3.05) is 0 Å². The van der Waals surface area contributed by atoms with E-state index in [4.69, 9.17) is 4.79 Å². The van der Waals surface area contributed by atoms with E-state index in [0.29, 0.717) is 0 Å². The van der Waals surface area contributed by atoms with Crippen molar-refractivity contribution in [2.45, 2.75) is 20.8 Å². The number of carbonyl (C=O) groups excluding carboxylic acids is 1. The second-order valence-electron chi connectivity index (χ2n) is 0.236. The predicted molar refractivity (Wildman–Crippen MR) is 23.1 cm³/mol. The quantitative estimate of drug-likeness (QED) is 0.575. The molecular weight excluding hydrogens is 223 g/mol. The first-order valence-electron chi connectivity index (χ1n) is 1.81. The molecule has 0 saturated heterocycles. The summed E-state index contributed by atoms with van der Waals surface area (Å²) in [5, 5.41) is 0. The van der Waals surface area contributed by atoms with Gasteiger partial charge in [-0.3, -0.25) is 0 Å². The zero-order chi connectivity index (χ0) is 4.71. The van der Waals surface area contributed by atoms with Crippen LogP contribution in [0, 0.1) is 38.6 Å². The topological polar surface area (TPSA) is 17.1 Å². The molecule has 0 unspecified atom stereocenters. The van der Waals surface area contributed by atoms with E-state index in [2.05, 4.69) is 0 Å². The number of rotatable bonds is 0.